The number of alkyl halides is 1. The molecule has 0 saturated carbocycles. The van der Waals surface area contributed by atoms with Crippen LogP contribution in [0.5, 0.6) is 0 Å². The van der Waals surface area contributed by atoms with Crippen molar-refractivity contribution in [2.24, 2.45) is 5.92 Å². The molecule has 0 N–H and O–H groups in total. The van der Waals surface area contributed by atoms with Crippen molar-refractivity contribution >= 4 is 17.5 Å². The van der Waals surface area contributed by atoms with Crippen molar-refractivity contribution in [2.75, 3.05) is 13.1 Å². The van der Waals surface area contributed by atoms with Crippen LogP contribution < -0.4 is 0 Å². The molecule has 0 spiro atoms. The van der Waals surface area contributed by atoms with Gasteiger partial charge in [0.25, 0.3) is 0 Å². The van der Waals surface area contributed by atoms with Gasteiger partial charge in [-0.3, -0.25) is 4.79 Å². The van der Waals surface area contributed by atoms with E-state index in [-0.39, 0.29) is 23.3 Å². The number of likely N-dealkylation sites (tertiary alicyclic amines) is 1. The molecule has 0 bridgehead atoms. The fourth-order valence-electron chi connectivity index (χ4n) is 2.55. The Labute approximate surface area is 122 Å². The molecular weight excluding hydrogens is 284 g/mol. The van der Waals surface area contributed by atoms with Gasteiger partial charge in [-0.05, 0) is 37.3 Å². The molecule has 1 fully saturated rings. The van der Waals surface area contributed by atoms with Crippen molar-refractivity contribution in [1.29, 1.82) is 0 Å². The summed E-state index contributed by atoms with van der Waals surface area (Å²) in [4.78, 5) is 13.8. The van der Waals surface area contributed by atoms with Gasteiger partial charge in [0.1, 0.15) is 11.6 Å². The topological polar surface area (TPSA) is 20.3 Å². The summed E-state index contributed by atoms with van der Waals surface area (Å²) in [5, 5.41) is 0.113. The number of benzene rings is 1. The second kappa shape index (κ2) is 6.53. The highest BCUT2D eigenvalue weighted by molar-refractivity contribution is 6.20. The molecule has 1 amide bonds. The van der Waals surface area contributed by atoms with E-state index in [9.17, 15) is 13.6 Å². The highest BCUT2D eigenvalue weighted by Crippen LogP contribution is 2.24. The second-order valence-corrected chi connectivity index (χ2v) is 6.00. The van der Waals surface area contributed by atoms with Gasteiger partial charge in [0.15, 0.2) is 0 Å². The van der Waals surface area contributed by atoms with Crippen molar-refractivity contribution < 1.29 is 13.6 Å². The molecule has 110 valence electrons. The molecule has 1 aromatic carbocycles. The van der Waals surface area contributed by atoms with Crippen LogP contribution in [0, 0.1) is 17.6 Å². The number of carbonyl (C=O) groups excluding carboxylic acids is 1. The highest BCUT2D eigenvalue weighted by atomic mass is 35.5. The average Bonchev–Trinajstić information content (AvgIpc) is 2.42. The number of amides is 1. The molecule has 0 aromatic heterocycles. The minimum atomic E-state index is -0.664. The molecule has 0 radical (unpaired) electrons. The normalized spacial score (nSPS) is 18.1. The molecule has 1 heterocycles. The quantitative estimate of drug-likeness (QED) is 0.784. The number of halogens is 3. The molecule has 5 heteroatoms. The predicted molar refractivity (Wildman–Crippen MR) is 74.7 cm³/mol. The van der Waals surface area contributed by atoms with Crippen LogP contribution in [-0.2, 0) is 11.2 Å². The van der Waals surface area contributed by atoms with Crippen LogP contribution in [0.1, 0.15) is 25.3 Å². The molecule has 20 heavy (non-hydrogen) atoms. The summed E-state index contributed by atoms with van der Waals surface area (Å²) in [5.74, 6) is -0.974. The molecule has 2 nitrogen and oxygen atoms in total. The number of rotatable bonds is 3. The minimum absolute atomic E-state index is 0.0206. The number of hydrogen-bond donors (Lipinski definition) is 0. The molecule has 2 rings (SSSR count). The van der Waals surface area contributed by atoms with Gasteiger partial charge >= 0.3 is 0 Å². The number of carbonyl (C=O) groups is 1. The molecule has 1 aliphatic heterocycles. The van der Waals surface area contributed by atoms with Crippen LogP contribution in [0.15, 0.2) is 18.2 Å². The fourth-order valence-corrected chi connectivity index (χ4v) is 2.80. The van der Waals surface area contributed by atoms with Crippen molar-refractivity contribution in [3.63, 3.8) is 0 Å². The predicted octanol–water partition coefficient (Wildman–Crippen LogP) is 3.37. The molecule has 1 unspecified atom stereocenters. The van der Waals surface area contributed by atoms with E-state index in [1.165, 1.54) is 12.1 Å². The number of nitrogens with zero attached hydrogens (tertiary/aromatic N) is 1. The lowest BCUT2D eigenvalue weighted by Crippen LogP contribution is -2.40. The second-order valence-electron chi connectivity index (χ2n) is 5.31. The highest BCUT2D eigenvalue weighted by Gasteiger charge is 2.25. The van der Waals surface area contributed by atoms with Gasteiger partial charge in [0.05, 0.1) is 6.42 Å². The summed E-state index contributed by atoms with van der Waals surface area (Å²) >= 11 is 6.06. The first-order valence-corrected chi connectivity index (χ1v) is 7.27. The summed E-state index contributed by atoms with van der Waals surface area (Å²) < 4.78 is 26.3. The van der Waals surface area contributed by atoms with Gasteiger partial charge in [-0.25, -0.2) is 8.78 Å². The number of piperidine rings is 1. The smallest absolute Gasteiger partial charge is 0.227 e. The molecule has 1 aromatic rings. The molecule has 1 saturated heterocycles. The summed E-state index contributed by atoms with van der Waals surface area (Å²) in [5.41, 5.74) is 0.240. The molecule has 1 aliphatic rings. The van der Waals surface area contributed by atoms with E-state index < -0.39 is 11.6 Å². The zero-order chi connectivity index (χ0) is 14.7. The Balaban J connectivity index is 1.93. The third-order valence-electron chi connectivity index (χ3n) is 3.90. The minimum Gasteiger partial charge on any atom is -0.342 e. The van der Waals surface area contributed by atoms with E-state index in [0.717, 1.165) is 18.9 Å². The van der Waals surface area contributed by atoms with E-state index in [1.54, 1.807) is 4.90 Å². The van der Waals surface area contributed by atoms with E-state index >= 15 is 0 Å². The van der Waals surface area contributed by atoms with Gasteiger partial charge in [0.2, 0.25) is 5.91 Å². The van der Waals surface area contributed by atoms with Crippen LogP contribution in [0.25, 0.3) is 0 Å². The van der Waals surface area contributed by atoms with Gasteiger partial charge in [-0.2, -0.15) is 0 Å². The maximum Gasteiger partial charge on any atom is 0.227 e. The van der Waals surface area contributed by atoms with Gasteiger partial charge in [-0.1, -0.05) is 6.07 Å². The zero-order valence-corrected chi connectivity index (χ0v) is 12.2. The monoisotopic (exact) mass is 301 g/mol. The Bertz CT molecular complexity index is 485. The fraction of sp³-hybridized carbons (Fsp3) is 0.533. The maximum absolute atomic E-state index is 13.5. The Morgan fingerprint density at radius 1 is 1.40 bits per heavy atom. The first-order chi connectivity index (χ1) is 9.47. The van der Waals surface area contributed by atoms with E-state index in [4.69, 9.17) is 11.6 Å². The first-order valence-electron chi connectivity index (χ1n) is 6.83. The van der Waals surface area contributed by atoms with Crippen molar-refractivity contribution in [1.82, 2.24) is 4.90 Å². The Kier molecular flexibility index (Phi) is 4.97. The number of hydrogen-bond acceptors (Lipinski definition) is 1. The van der Waals surface area contributed by atoms with Crippen LogP contribution in [0.3, 0.4) is 0 Å². The first kappa shape index (κ1) is 15.2. The molecule has 1 atom stereocenters. The third-order valence-corrected chi connectivity index (χ3v) is 4.26. The lowest BCUT2D eigenvalue weighted by Gasteiger charge is -2.33. The van der Waals surface area contributed by atoms with E-state index in [1.807, 2.05) is 6.92 Å². The largest absolute Gasteiger partial charge is 0.342 e. The molecular formula is C15H18ClF2NO. The lowest BCUT2D eigenvalue weighted by atomic mass is 9.93. The van der Waals surface area contributed by atoms with Crippen LogP contribution in [-0.4, -0.2) is 29.3 Å². The SMILES string of the molecule is CC(Cl)C1CCN(C(=O)Cc2ccc(F)cc2F)CC1. The van der Waals surface area contributed by atoms with Crippen LogP contribution >= 0.6 is 11.6 Å². The standard InChI is InChI=1S/C15H18ClF2NO/c1-10(16)11-4-6-19(7-5-11)15(20)8-12-2-3-13(17)9-14(12)18/h2-3,9-11H,4-8H2,1H3. The zero-order valence-electron chi connectivity index (χ0n) is 11.4. The van der Waals surface area contributed by atoms with E-state index in [2.05, 4.69) is 0 Å². The van der Waals surface area contributed by atoms with Crippen molar-refractivity contribution in [3.8, 4) is 0 Å². The van der Waals surface area contributed by atoms with E-state index in [0.29, 0.717) is 19.0 Å². The van der Waals surface area contributed by atoms with Crippen LogP contribution in [0.4, 0.5) is 8.78 Å². The van der Waals surface area contributed by atoms with Gasteiger partial charge in [0, 0.05) is 24.5 Å². The molecule has 0 aliphatic carbocycles. The van der Waals surface area contributed by atoms with Crippen molar-refractivity contribution in [3.05, 3.63) is 35.4 Å². The Morgan fingerprint density at radius 2 is 2.05 bits per heavy atom. The van der Waals surface area contributed by atoms with Gasteiger partial charge < -0.3 is 4.90 Å². The lowest BCUT2D eigenvalue weighted by molar-refractivity contribution is -0.131. The average molecular weight is 302 g/mol. The summed E-state index contributed by atoms with van der Waals surface area (Å²) in [6.45, 7) is 3.28. The summed E-state index contributed by atoms with van der Waals surface area (Å²) in [6, 6.07) is 3.31. The third kappa shape index (κ3) is 3.69. The Morgan fingerprint density at radius 3 is 2.60 bits per heavy atom. The van der Waals surface area contributed by atoms with Crippen LogP contribution in [0.2, 0.25) is 0 Å². The summed E-state index contributed by atoms with van der Waals surface area (Å²) in [7, 11) is 0. The van der Waals surface area contributed by atoms with Crippen molar-refractivity contribution in [2.45, 2.75) is 31.6 Å². The Hall–Kier alpha value is -1.16. The van der Waals surface area contributed by atoms with Gasteiger partial charge in [-0.15, -0.1) is 11.6 Å². The summed E-state index contributed by atoms with van der Waals surface area (Å²) in [6.07, 6.45) is 1.73. The maximum atomic E-state index is 13.5.